The van der Waals surface area contributed by atoms with E-state index in [0.717, 1.165) is 0 Å². The van der Waals surface area contributed by atoms with E-state index in [9.17, 15) is 19.2 Å². The van der Waals surface area contributed by atoms with E-state index in [4.69, 9.17) is 23.7 Å². The summed E-state index contributed by atoms with van der Waals surface area (Å²) in [7, 11) is 1.26. The van der Waals surface area contributed by atoms with E-state index in [1.807, 2.05) is 0 Å². The van der Waals surface area contributed by atoms with Crippen LogP contribution in [0.5, 0.6) is 5.75 Å². The molecule has 10 nitrogen and oxygen atoms in total. The van der Waals surface area contributed by atoms with Gasteiger partial charge in [0.05, 0.1) is 19.3 Å². The topological polar surface area (TPSA) is 124 Å². The quantitative estimate of drug-likeness (QED) is 0.495. The molecule has 1 aromatic rings. The van der Waals surface area contributed by atoms with Crippen LogP contribution in [-0.4, -0.2) is 62.2 Å². The first kappa shape index (κ1) is 22.2. The van der Waals surface area contributed by atoms with E-state index in [1.165, 1.54) is 52.1 Å². The molecule has 2 rings (SSSR count). The summed E-state index contributed by atoms with van der Waals surface area (Å²) in [6.45, 7) is 3.38. The van der Waals surface area contributed by atoms with Gasteiger partial charge in [0.2, 0.25) is 12.4 Å². The molecule has 1 fully saturated rings. The minimum atomic E-state index is -1.20. The lowest BCUT2D eigenvalue weighted by atomic mass is 10.0. The fourth-order valence-corrected chi connectivity index (χ4v) is 2.73. The van der Waals surface area contributed by atoms with Gasteiger partial charge in [0.15, 0.2) is 12.2 Å². The van der Waals surface area contributed by atoms with Gasteiger partial charge in [-0.2, -0.15) is 0 Å². The van der Waals surface area contributed by atoms with Crippen LogP contribution in [0, 0.1) is 0 Å². The van der Waals surface area contributed by atoms with Gasteiger partial charge in [0, 0.05) is 20.8 Å². The van der Waals surface area contributed by atoms with Crippen molar-refractivity contribution in [1.29, 1.82) is 0 Å². The summed E-state index contributed by atoms with van der Waals surface area (Å²) in [5.41, 5.74) is 0.314. The minimum absolute atomic E-state index is 0.153. The molecule has 1 heterocycles. The molecular formula is C19H22O10. The van der Waals surface area contributed by atoms with E-state index < -0.39 is 48.5 Å². The van der Waals surface area contributed by atoms with Gasteiger partial charge in [0.1, 0.15) is 5.75 Å². The maximum atomic E-state index is 11.6. The Bertz CT molecular complexity index is 757. The van der Waals surface area contributed by atoms with Gasteiger partial charge in [-0.05, 0) is 24.3 Å². The number of carbonyl (C=O) groups excluding carboxylic acids is 4. The molecule has 1 aliphatic heterocycles. The van der Waals surface area contributed by atoms with Gasteiger partial charge in [-0.1, -0.05) is 0 Å². The Kier molecular flexibility index (Phi) is 7.54. The van der Waals surface area contributed by atoms with Crippen molar-refractivity contribution in [3.05, 3.63) is 29.8 Å². The summed E-state index contributed by atoms with van der Waals surface area (Å²) in [6.07, 6.45) is -4.47. The molecule has 0 amide bonds. The van der Waals surface area contributed by atoms with Gasteiger partial charge < -0.3 is 28.4 Å². The van der Waals surface area contributed by atoms with Crippen LogP contribution in [0.1, 0.15) is 31.1 Å². The van der Waals surface area contributed by atoms with Crippen LogP contribution in [0.15, 0.2) is 24.3 Å². The average molecular weight is 410 g/mol. The van der Waals surface area contributed by atoms with Crippen LogP contribution in [0.2, 0.25) is 0 Å². The minimum Gasteiger partial charge on any atom is -0.465 e. The van der Waals surface area contributed by atoms with Crippen LogP contribution >= 0.6 is 0 Å². The van der Waals surface area contributed by atoms with E-state index in [-0.39, 0.29) is 6.61 Å². The van der Waals surface area contributed by atoms with Crippen molar-refractivity contribution in [3.8, 4) is 5.75 Å². The molecule has 0 bridgehead atoms. The molecule has 0 spiro atoms. The van der Waals surface area contributed by atoms with Crippen molar-refractivity contribution in [2.24, 2.45) is 0 Å². The Morgan fingerprint density at radius 1 is 0.862 bits per heavy atom. The molecule has 0 N–H and O–H groups in total. The van der Waals surface area contributed by atoms with Crippen molar-refractivity contribution < 1.29 is 47.6 Å². The van der Waals surface area contributed by atoms with Gasteiger partial charge in [-0.25, -0.2) is 4.79 Å². The second kappa shape index (κ2) is 9.87. The summed E-state index contributed by atoms with van der Waals surface area (Å²) in [5, 5.41) is 0. The standard InChI is InChI=1S/C19H22O10/c1-10(20)26-15-9-25-19(17(28-12(3)22)16(15)27-11(2)21)29-14-7-5-13(6-8-14)18(23)24-4/h5-8,15-17,19H,9H2,1-4H3/t15-,16+,17-,19+/m1/s1. The van der Waals surface area contributed by atoms with E-state index in [1.54, 1.807) is 0 Å². The number of methoxy groups -OCH3 is 1. The zero-order chi connectivity index (χ0) is 21.6. The molecule has 1 aliphatic rings. The molecule has 4 atom stereocenters. The third-order valence-electron chi connectivity index (χ3n) is 3.83. The molecule has 0 saturated carbocycles. The number of hydrogen-bond donors (Lipinski definition) is 0. The second-order valence-electron chi connectivity index (χ2n) is 6.13. The van der Waals surface area contributed by atoms with Crippen molar-refractivity contribution in [3.63, 3.8) is 0 Å². The number of benzene rings is 1. The third-order valence-corrected chi connectivity index (χ3v) is 3.83. The molecular weight excluding hydrogens is 388 g/mol. The first-order chi connectivity index (χ1) is 13.7. The highest BCUT2D eigenvalue weighted by atomic mass is 16.7. The Morgan fingerprint density at radius 2 is 1.41 bits per heavy atom. The molecule has 0 aliphatic carbocycles. The van der Waals surface area contributed by atoms with Crippen molar-refractivity contribution >= 4 is 23.9 Å². The Labute approximate surface area is 166 Å². The molecule has 0 radical (unpaired) electrons. The lowest BCUT2D eigenvalue weighted by Crippen LogP contribution is -2.59. The summed E-state index contributed by atoms with van der Waals surface area (Å²) in [5.74, 6) is -2.16. The number of carbonyl (C=O) groups is 4. The molecule has 10 heteroatoms. The highest BCUT2D eigenvalue weighted by Gasteiger charge is 2.48. The van der Waals surface area contributed by atoms with Crippen molar-refractivity contribution in [2.45, 2.75) is 45.4 Å². The SMILES string of the molecule is COC(=O)c1ccc(O[C@@H]2OC[C@@H](OC(C)=O)[C@H](OC(C)=O)[C@H]2OC(C)=O)cc1. The second-order valence-corrected chi connectivity index (χ2v) is 6.13. The lowest BCUT2D eigenvalue weighted by molar-refractivity contribution is -0.259. The number of rotatable bonds is 6. The van der Waals surface area contributed by atoms with E-state index in [0.29, 0.717) is 11.3 Å². The first-order valence-electron chi connectivity index (χ1n) is 8.69. The van der Waals surface area contributed by atoms with Crippen LogP contribution in [-0.2, 0) is 38.1 Å². The molecule has 29 heavy (non-hydrogen) atoms. The first-order valence-corrected chi connectivity index (χ1v) is 8.69. The Balaban J connectivity index is 2.24. The normalized spacial score (nSPS) is 23.4. The predicted molar refractivity (Wildman–Crippen MR) is 94.8 cm³/mol. The Hall–Kier alpha value is -3.14. The number of ether oxygens (including phenoxy) is 6. The van der Waals surface area contributed by atoms with Crippen LogP contribution in [0.25, 0.3) is 0 Å². The smallest absolute Gasteiger partial charge is 0.337 e. The van der Waals surface area contributed by atoms with Gasteiger partial charge in [-0.3, -0.25) is 14.4 Å². The highest BCUT2D eigenvalue weighted by Crippen LogP contribution is 2.27. The van der Waals surface area contributed by atoms with Crippen LogP contribution in [0.4, 0.5) is 0 Å². The van der Waals surface area contributed by atoms with Gasteiger partial charge in [-0.15, -0.1) is 0 Å². The van der Waals surface area contributed by atoms with E-state index >= 15 is 0 Å². The van der Waals surface area contributed by atoms with Crippen LogP contribution in [0.3, 0.4) is 0 Å². The molecule has 0 unspecified atom stereocenters. The number of hydrogen-bond acceptors (Lipinski definition) is 10. The summed E-state index contributed by atoms with van der Waals surface area (Å²) in [6, 6.07) is 5.96. The summed E-state index contributed by atoms with van der Waals surface area (Å²) in [4.78, 5) is 46.0. The molecule has 0 aromatic heterocycles. The monoisotopic (exact) mass is 410 g/mol. The zero-order valence-electron chi connectivity index (χ0n) is 16.4. The Morgan fingerprint density at radius 3 is 1.93 bits per heavy atom. The molecule has 158 valence electrons. The largest absolute Gasteiger partial charge is 0.465 e. The molecule has 1 aromatic carbocycles. The predicted octanol–water partition coefficient (Wildman–Crippen LogP) is 1.00. The zero-order valence-corrected chi connectivity index (χ0v) is 16.4. The van der Waals surface area contributed by atoms with Crippen LogP contribution < -0.4 is 4.74 Å². The van der Waals surface area contributed by atoms with Gasteiger partial charge in [0.25, 0.3) is 0 Å². The molecule has 1 saturated heterocycles. The lowest BCUT2D eigenvalue weighted by Gasteiger charge is -2.40. The van der Waals surface area contributed by atoms with Gasteiger partial charge >= 0.3 is 23.9 Å². The van der Waals surface area contributed by atoms with Crippen molar-refractivity contribution in [1.82, 2.24) is 0 Å². The van der Waals surface area contributed by atoms with E-state index in [2.05, 4.69) is 4.74 Å². The average Bonchev–Trinajstić information content (AvgIpc) is 2.65. The fraction of sp³-hybridized carbons (Fsp3) is 0.474. The highest BCUT2D eigenvalue weighted by molar-refractivity contribution is 5.89. The number of esters is 4. The van der Waals surface area contributed by atoms with Crippen molar-refractivity contribution in [2.75, 3.05) is 13.7 Å². The maximum Gasteiger partial charge on any atom is 0.337 e. The summed E-state index contributed by atoms with van der Waals surface area (Å²) < 4.78 is 31.5. The third kappa shape index (κ3) is 6.18. The fourth-order valence-electron chi connectivity index (χ4n) is 2.73. The summed E-state index contributed by atoms with van der Waals surface area (Å²) >= 11 is 0. The maximum absolute atomic E-state index is 11.6.